The van der Waals surface area contributed by atoms with Crippen LogP contribution in [0.5, 0.6) is 0 Å². The van der Waals surface area contributed by atoms with Crippen LogP contribution in [0.1, 0.15) is 20.7 Å². The normalized spacial score (nSPS) is 14.6. The number of piperazine rings is 1. The molecule has 138 valence electrons. The first-order valence-corrected chi connectivity index (χ1v) is 8.96. The van der Waals surface area contributed by atoms with Crippen molar-refractivity contribution in [3.05, 3.63) is 69.1 Å². The number of amides is 2. The number of carbonyl (C=O) groups is 2. The fourth-order valence-electron chi connectivity index (χ4n) is 3.27. The van der Waals surface area contributed by atoms with E-state index in [2.05, 4.69) is 9.97 Å². The first-order chi connectivity index (χ1) is 13.0. The first kappa shape index (κ1) is 17.4. The van der Waals surface area contributed by atoms with E-state index in [0.29, 0.717) is 53.4 Å². The van der Waals surface area contributed by atoms with Gasteiger partial charge in [-0.15, -0.1) is 0 Å². The molecule has 1 aromatic heterocycles. The van der Waals surface area contributed by atoms with E-state index in [4.69, 9.17) is 11.6 Å². The van der Waals surface area contributed by atoms with Gasteiger partial charge in [-0.1, -0.05) is 23.7 Å². The number of imidazole rings is 1. The van der Waals surface area contributed by atoms with Gasteiger partial charge < -0.3 is 19.8 Å². The third kappa shape index (κ3) is 3.33. The molecular formula is C19H17ClN4O3. The zero-order valence-electron chi connectivity index (χ0n) is 14.4. The predicted octanol–water partition coefficient (Wildman–Crippen LogP) is 2.11. The van der Waals surface area contributed by atoms with Crippen molar-refractivity contribution in [2.75, 3.05) is 26.2 Å². The van der Waals surface area contributed by atoms with Crippen molar-refractivity contribution < 1.29 is 9.59 Å². The number of nitrogens with zero attached hydrogens (tertiary/aromatic N) is 2. The predicted molar refractivity (Wildman–Crippen MR) is 102 cm³/mol. The molecule has 0 bridgehead atoms. The van der Waals surface area contributed by atoms with Crippen LogP contribution in [0.4, 0.5) is 0 Å². The van der Waals surface area contributed by atoms with Crippen molar-refractivity contribution in [3.8, 4) is 0 Å². The second kappa shape index (κ2) is 6.92. The second-order valence-electron chi connectivity index (χ2n) is 6.40. The molecule has 1 fully saturated rings. The van der Waals surface area contributed by atoms with Gasteiger partial charge in [-0.05, 0) is 30.3 Å². The van der Waals surface area contributed by atoms with Crippen LogP contribution in [-0.4, -0.2) is 57.8 Å². The molecule has 1 aliphatic heterocycles. The minimum absolute atomic E-state index is 0.121. The Morgan fingerprint density at radius 2 is 1.48 bits per heavy atom. The Balaban J connectivity index is 1.45. The monoisotopic (exact) mass is 384 g/mol. The van der Waals surface area contributed by atoms with E-state index in [0.717, 1.165) is 0 Å². The number of hydrogen-bond donors (Lipinski definition) is 2. The maximum absolute atomic E-state index is 12.7. The zero-order chi connectivity index (χ0) is 19.0. The molecule has 2 N–H and O–H groups in total. The number of rotatable bonds is 2. The third-order valence-electron chi connectivity index (χ3n) is 4.72. The summed E-state index contributed by atoms with van der Waals surface area (Å²) in [6.45, 7) is 1.77. The van der Waals surface area contributed by atoms with E-state index in [-0.39, 0.29) is 17.5 Å². The summed E-state index contributed by atoms with van der Waals surface area (Å²) in [7, 11) is 0. The Labute approximate surface area is 159 Å². The van der Waals surface area contributed by atoms with E-state index in [9.17, 15) is 14.4 Å². The van der Waals surface area contributed by atoms with Crippen molar-refractivity contribution in [1.29, 1.82) is 0 Å². The van der Waals surface area contributed by atoms with Crippen LogP contribution in [0.15, 0.2) is 47.3 Å². The number of carbonyl (C=O) groups excluding carboxylic acids is 2. The van der Waals surface area contributed by atoms with Gasteiger partial charge >= 0.3 is 5.69 Å². The topological polar surface area (TPSA) is 89.3 Å². The summed E-state index contributed by atoms with van der Waals surface area (Å²) in [5.74, 6) is -0.247. The van der Waals surface area contributed by atoms with Crippen molar-refractivity contribution >= 4 is 34.4 Å². The van der Waals surface area contributed by atoms with E-state index in [1.165, 1.54) is 0 Å². The summed E-state index contributed by atoms with van der Waals surface area (Å²) in [4.78, 5) is 45.4. The minimum Gasteiger partial charge on any atom is -0.335 e. The molecule has 0 spiro atoms. The Bertz CT molecular complexity index is 1080. The van der Waals surface area contributed by atoms with Crippen LogP contribution in [-0.2, 0) is 0 Å². The molecule has 2 aromatic carbocycles. The van der Waals surface area contributed by atoms with Crippen LogP contribution >= 0.6 is 11.6 Å². The van der Waals surface area contributed by atoms with Crippen LogP contribution in [0.2, 0.25) is 5.02 Å². The molecule has 3 aromatic rings. The average molecular weight is 385 g/mol. The molecule has 0 atom stereocenters. The number of aromatic nitrogens is 2. The lowest BCUT2D eigenvalue weighted by molar-refractivity contribution is 0.0535. The lowest BCUT2D eigenvalue weighted by Crippen LogP contribution is -2.50. The Hall–Kier alpha value is -3.06. The lowest BCUT2D eigenvalue weighted by Gasteiger charge is -2.35. The van der Waals surface area contributed by atoms with E-state index >= 15 is 0 Å². The highest BCUT2D eigenvalue weighted by Crippen LogP contribution is 2.19. The summed E-state index contributed by atoms with van der Waals surface area (Å²) in [6, 6.07) is 12.0. The van der Waals surface area contributed by atoms with Gasteiger partial charge in [0, 0.05) is 31.7 Å². The number of benzene rings is 2. The molecule has 0 unspecified atom stereocenters. The number of nitrogens with one attached hydrogen (secondary N) is 2. The number of hydrogen-bond acceptors (Lipinski definition) is 3. The highest BCUT2D eigenvalue weighted by Gasteiger charge is 2.26. The van der Waals surface area contributed by atoms with Gasteiger partial charge in [-0.2, -0.15) is 0 Å². The van der Waals surface area contributed by atoms with Crippen LogP contribution in [0, 0.1) is 0 Å². The molecular weight excluding hydrogens is 368 g/mol. The number of aromatic amines is 2. The molecule has 1 saturated heterocycles. The summed E-state index contributed by atoms with van der Waals surface area (Å²) in [6.07, 6.45) is 0. The molecule has 2 heterocycles. The summed E-state index contributed by atoms with van der Waals surface area (Å²) in [5.41, 5.74) is 1.93. The summed E-state index contributed by atoms with van der Waals surface area (Å²) < 4.78 is 0. The van der Waals surface area contributed by atoms with Crippen molar-refractivity contribution in [3.63, 3.8) is 0 Å². The van der Waals surface area contributed by atoms with Crippen LogP contribution < -0.4 is 5.69 Å². The van der Waals surface area contributed by atoms with Gasteiger partial charge in [0.25, 0.3) is 11.8 Å². The van der Waals surface area contributed by atoms with E-state index in [1.54, 1.807) is 52.3 Å². The molecule has 1 aliphatic rings. The first-order valence-electron chi connectivity index (χ1n) is 8.58. The number of fused-ring (bicyclic) bond motifs is 1. The van der Waals surface area contributed by atoms with E-state index < -0.39 is 0 Å². The van der Waals surface area contributed by atoms with Crippen molar-refractivity contribution in [2.45, 2.75) is 0 Å². The van der Waals surface area contributed by atoms with Crippen molar-refractivity contribution in [2.24, 2.45) is 0 Å². The lowest BCUT2D eigenvalue weighted by atomic mass is 10.1. The fraction of sp³-hybridized carbons (Fsp3) is 0.211. The SMILES string of the molecule is O=C(c1ccc2[nH]c(=O)[nH]c2c1)N1CCN(C(=O)c2ccccc2Cl)CC1. The Kier molecular flexibility index (Phi) is 4.45. The van der Waals surface area contributed by atoms with Gasteiger partial charge in [-0.3, -0.25) is 9.59 Å². The van der Waals surface area contributed by atoms with Gasteiger partial charge in [0.2, 0.25) is 0 Å². The minimum atomic E-state index is -0.304. The maximum atomic E-state index is 12.7. The Morgan fingerprint density at radius 1 is 0.852 bits per heavy atom. The Morgan fingerprint density at radius 3 is 2.19 bits per heavy atom. The van der Waals surface area contributed by atoms with Gasteiger partial charge in [0.05, 0.1) is 21.6 Å². The zero-order valence-corrected chi connectivity index (χ0v) is 15.1. The molecule has 7 nitrogen and oxygen atoms in total. The van der Waals surface area contributed by atoms with E-state index in [1.807, 2.05) is 0 Å². The molecule has 4 rings (SSSR count). The highest BCUT2D eigenvalue weighted by molar-refractivity contribution is 6.33. The quantitative estimate of drug-likeness (QED) is 0.709. The molecule has 0 saturated carbocycles. The maximum Gasteiger partial charge on any atom is 0.323 e. The third-order valence-corrected chi connectivity index (χ3v) is 5.05. The molecule has 0 radical (unpaired) electrons. The number of H-pyrrole nitrogens is 2. The van der Waals surface area contributed by atoms with Crippen molar-refractivity contribution in [1.82, 2.24) is 19.8 Å². The van der Waals surface area contributed by atoms with Crippen LogP contribution in [0.25, 0.3) is 11.0 Å². The molecule has 8 heteroatoms. The summed E-state index contributed by atoms with van der Waals surface area (Å²) in [5, 5.41) is 0.426. The standard InChI is InChI=1S/C19H17ClN4O3/c20-14-4-2-1-3-13(14)18(26)24-9-7-23(8-10-24)17(25)12-5-6-15-16(11-12)22-19(27)21-15/h1-6,11H,7-10H2,(H2,21,22,27). The smallest absolute Gasteiger partial charge is 0.323 e. The molecule has 27 heavy (non-hydrogen) atoms. The number of halogens is 1. The van der Waals surface area contributed by atoms with Crippen LogP contribution in [0.3, 0.4) is 0 Å². The molecule has 0 aliphatic carbocycles. The average Bonchev–Trinajstić information content (AvgIpc) is 3.06. The second-order valence-corrected chi connectivity index (χ2v) is 6.81. The summed E-state index contributed by atoms with van der Waals surface area (Å²) >= 11 is 6.11. The fourth-order valence-corrected chi connectivity index (χ4v) is 3.48. The van der Waals surface area contributed by atoms with Gasteiger partial charge in [0.15, 0.2) is 0 Å². The highest BCUT2D eigenvalue weighted by atomic mass is 35.5. The molecule has 2 amide bonds. The largest absolute Gasteiger partial charge is 0.335 e. The van der Waals surface area contributed by atoms with Gasteiger partial charge in [-0.25, -0.2) is 4.79 Å². The van der Waals surface area contributed by atoms with Gasteiger partial charge in [0.1, 0.15) is 0 Å².